The number of carbonyl (C=O) groups excluding carboxylic acids is 3. The zero-order valence-electron chi connectivity index (χ0n) is 24.8. The maximum Gasteiger partial charge on any atom is 0.407 e. The van der Waals surface area contributed by atoms with Crippen LogP contribution in [-0.4, -0.2) is 41.4 Å². The predicted octanol–water partition coefficient (Wildman–Crippen LogP) is 6.43. The topological polar surface area (TPSA) is 110 Å². The van der Waals surface area contributed by atoms with Gasteiger partial charge in [0, 0.05) is 25.2 Å². The monoisotopic (exact) mass is 579 g/mol. The molecule has 0 bridgehead atoms. The molecule has 1 atom stereocenters. The Morgan fingerprint density at radius 2 is 1.42 bits per heavy atom. The summed E-state index contributed by atoms with van der Waals surface area (Å²) in [5.74, 6) is -1.41. The molecule has 3 aromatic carbocycles. The Balaban J connectivity index is 1.16. The normalized spacial score (nSPS) is 16.3. The minimum absolute atomic E-state index is 0.0716. The number of rotatable bonds is 9. The second kappa shape index (κ2) is 12.4. The first-order valence-electron chi connectivity index (χ1n) is 14.7. The molecule has 1 saturated carbocycles. The van der Waals surface area contributed by atoms with Crippen molar-refractivity contribution >= 4 is 23.6 Å². The first kappa shape index (κ1) is 30.0. The van der Waals surface area contributed by atoms with Gasteiger partial charge in [-0.1, -0.05) is 92.2 Å². The van der Waals surface area contributed by atoms with Crippen LogP contribution in [0, 0.1) is 5.41 Å². The quantitative estimate of drug-likeness (QED) is 0.223. The molecule has 3 aromatic rings. The lowest BCUT2D eigenvalue weighted by Crippen LogP contribution is -2.42. The van der Waals surface area contributed by atoms with E-state index < -0.39 is 18.1 Å². The molecule has 1 fully saturated rings. The van der Waals surface area contributed by atoms with E-state index in [1.165, 1.54) is 0 Å². The van der Waals surface area contributed by atoms with Crippen LogP contribution < -0.4 is 5.32 Å². The summed E-state index contributed by atoms with van der Waals surface area (Å²) in [6.07, 6.45) is 1.34. The molecule has 43 heavy (non-hydrogen) atoms. The molecular formula is C36H37NO6. The number of ketones is 2. The predicted molar refractivity (Wildman–Crippen MR) is 164 cm³/mol. The minimum atomic E-state index is -1.15. The molecular weight excluding hydrogens is 542 g/mol. The minimum Gasteiger partial charge on any atom is -0.480 e. The molecule has 2 aliphatic rings. The smallest absolute Gasteiger partial charge is 0.407 e. The average Bonchev–Trinajstić information content (AvgIpc) is 3.28. The van der Waals surface area contributed by atoms with Gasteiger partial charge in [0.1, 0.15) is 12.6 Å². The Kier molecular flexibility index (Phi) is 8.62. The van der Waals surface area contributed by atoms with E-state index in [4.69, 9.17) is 4.74 Å². The Morgan fingerprint density at radius 1 is 0.884 bits per heavy atom. The zero-order chi connectivity index (χ0) is 30.7. The molecule has 0 heterocycles. The summed E-state index contributed by atoms with van der Waals surface area (Å²) in [6.45, 7) is 5.84. The van der Waals surface area contributed by atoms with Gasteiger partial charge in [-0.25, -0.2) is 9.59 Å². The number of nitrogens with one attached hydrogen (secondary N) is 1. The number of aliphatic carboxylic acids is 1. The van der Waals surface area contributed by atoms with E-state index >= 15 is 0 Å². The number of fused-ring (bicyclic) bond motifs is 3. The van der Waals surface area contributed by atoms with Crippen molar-refractivity contribution in [1.82, 2.24) is 5.32 Å². The molecule has 1 amide bonds. The molecule has 0 aromatic heterocycles. The van der Waals surface area contributed by atoms with E-state index in [0.717, 1.165) is 39.0 Å². The molecule has 7 nitrogen and oxygen atoms in total. The molecule has 222 valence electrons. The number of alkyl carbamates (subject to hydrolysis) is 1. The fourth-order valence-corrected chi connectivity index (χ4v) is 6.26. The van der Waals surface area contributed by atoms with Crippen LogP contribution in [0.4, 0.5) is 4.79 Å². The third kappa shape index (κ3) is 6.77. The summed E-state index contributed by atoms with van der Waals surface area (Å²) in [6, 6.07) is 22.4. The van der Waals surface area contributed by atoms with Crippen molar-refractivity contribution in [3.8, 4) is 11.1 Å². The third-order valence-electron chi connectivity index (χ3n) is 8.45. The van der Waals surface area contributed by atoms with Crippen LogP contribution in [0.3, 0.4) is 0 Å². The average molecular weight is 580 g/mol. The molecule has 2 N–H and O–H groups in total. The Labute approximate surface area is 252 Å². The van der Waals surface area contributed by atoms with Gasteiger partial charge >= 0.3 is 12.1 Å². The molecule has 0 saturated heterocycles. The molecule has 7 heteroatoms. The fourth-order valence-electron chi connectivity index (χ4n) is 6.26. The summed E-state index contributed by atoms with van der Waals surface area (Å²) >= 11 is 0. The molecule has 0 spiro atoms. The van der Waals surface area contributed by atoms with Crippen LogP contribution in [0.2, 0.25) is 0 Å². The lowest BCUT2D eigenvalue weighted by molar-refractivity contribution is -0.139. The number of hydrogen-bond donors (Lipinski definition) is 2. The van der Waals surface area contributed by atoms with Gasteiger partial charge in [-0.15, -0.1) is 0 Å². The van der Waals surface area contributed by atoms with Gasteiger partial charge in [-0.2, -0.15) is 0 Å². The zero-order valence-corrected chi connectivity index (χ0v) is 24.8. The lowest BCUT2D eigenvalue weighted by Gasteiger charge is -2.29. The van der Waals surface area contributed by atoms with Crippen molar-refractivity contribution in [2.75, 3.05) is 6.61 Å². The molecule has 0 aliphatic heterocycles. The van der Waals surface area contributed by atoms with Crippen molar-refractivity contribution in [2.45, 2.75) is 64.8 Å². The maximum absolute atomic E-state index is 12.7. The highest BCUT2D eigenvalue weighted by molar-refractivity contribution is 6.22. The Bertz CT molecular complexity index is 1530. The second-order valence-corrected chi connectivity index (χ2v) is 12.4. The number of allylic oxidation sites excluding steroid dienone is 2. The molecule has 2 aliphatic carbocycles. The van der Waals surface area contributed by atoms with Gasteiger partial charge in [-0.3, -0.25) is 9.59 Å². The molecule has 0 radical (unpaired) electrons. The van der Waals surface area contributed by atoms with Crippen molar-refractivity contribution in [1.29, 1.82) is 0 Å². The van der Waals surface area contributed by atoms with E-state index in [1.54, 1.807) is 0 Å². The summed E-state index contributed by atoms with van der Waals surface area (Å²) < 4.78 is 5.54. The van der Waals surface area contributed by atoms with E-state index in [-0.39, 0.29) is 35.9 Å². The summed E-state index contributed by atoms with van der Waals surface area (Å²) in [5.41, 5.74) is 7.05. The third-order valence-corrected chi connectivity index (χ3v) is 8.45. The van der Waals surface area contributed by atoms with E-state index in [1.807, 2.05) is 81.4 Å². The summed E-state index contributed by atoms with van der Waals surface area (Å²) in [5, 5.41) is 12.3. The van der Waals surface area contributed by atoms with Crippen molar-refractivity contribution in [3.63, 3.8) is 0 Å². The van der Waals surface area contributed by atoms with E-state index in [2.05, 4.69) is 17.4 Å². The van der Waals surface area contributed by atoms with Crippen molar-refractivity contribution in [3.05, 3.63) is 106 Å². The number of Topliss-reactive ketones (excluding diaryl/α,β-unsaturated/α-hetero) is 2. The van der Waals surface area contributed by atoms with E-state index in [9.17, 15) is 24.3 Å². The number of amides is 1. The van der Waals surface area contributed by atoms with Crippen LogP contribution in [0.15, 0.2) is 83.9 Å². The highest BCUT2D eigenvalue weighted by Crippen LogP contribution is 2.44. The second-order valence-electron chi connectivity index (χ2n) is 12.4. The van der Waals surface area contributed by atoms with Crippen LogP contribution in [-0.2, 0) is 32.0 Å². The molecule has 0 unspecified atom stereocenters. The highest BCUT2D eigenvalue weighted by atomic mass is 16.5. The number of carboxylic acids is 1. The number of aryl methyl sites for hydroxylation is 1. The largest absolute Gasteiger partial charge is 0.480 e. The number of carboxylic acid groups (broad SMARTS) is 1. The van der Waals surface area contributed by atoms with Crippen LogP contribution in [0.1, 0.15) is 68.2 Å². The SMILES string of the molecule is CC(CCc1ccc(C[C@H](NC(=O)OCC2c3ccccc3-c3ccccc32)C(=O)O)cc1)=C1C(=O)CC(C)(C)CC1=O. The van der Waals surface area contributed by atoms with Crippen molar-refractivity contribution in [2.24, 2.45) is 5.41 Å². The first-order chi connectivity index (χ1) is 20.5. The van der Waals surface area contributed by atoms with Gasteiger partial charge in [0.05, 0.1) is 5.57 Å². The first-order valence-corrected chi connectivity index (χ1v) is 14.7. The van der Waals surface area contributed by atoms with Gasteiger partial charge in [0.2, 0.25) is 0 Å². The maximum atomic E-state index is 12.7. The number of hydrogen-bond acceptors (Lipinski definition) is 5. The van der Waals surface area contributed by atoms with Crippen molar-refractivity contribution < 1.29 is 29.0 Å². The summed E-state index contributed by atoms with van der Waals surface area (Å²) in [7, 11) is 0. The number of carbonyl (C=O) groups is 4. The van der Waals surface area contributed by atoms with Crippen LogP contribution in [0.5, 0.6) is 0 Å². The van der Waals surface area contributed by atoms with Gasteiger partial charge in [-0.05, 0) is 58.6 Å². The van der Waals surface area contributed by atoms with Crippen LogP contribution >= 0.6 is 0 Å². The summed E-state index contributed by atoms with van der Waals surface area (Å²) in [4.78, 5) is 49.9. The van der Waals surface area contributed by atoms with Gasteiger partial charge in [0.25, 0.3) is 0 Å². The van der Waals surface area contributed by atoms with Crippen LogP contribution in [0.25, 0.3) is 11.1 Å². The van der Waals surface area contributed by atoms with E-state index in [0.29, 0.717) is 31.3 Å². The fraction of sp³-hybridized carbons (Fsp3) is 0.333. The van der Waals surface area contributed by atoms with Gasteiger partial charge in [0.15, 0.2) is 11.6 Å². The highest BCUT2D eigenvalue weighted by Gasteiger charge is 2.36. The molecule has 5 rings (SSSR count). The number of ether oxygens (including phenoxy) is 1. The number of benzene rings is 3. The Morgan fingerprint density at radius 3 is 1.98 bits per heavy atom. The lowest BCUT2D eigenvalue weighted by atomic mass is 9.73. The Hall–Kier alpha value is -4.52. The standard InChI is InChI=1S/C36H37NO6/c1-22(33-31(38)19-36(2,3)20-32(33)39)12-13-23-14-16-24(17-15-23)18-30(34(40)41)37-35(42)43-21-29-27-10-6-4-8-25(27)26-9-5-7-11-28(26)29/h4-11,14-17,29-30H,12-13,18-21H2,1-3H3,(H,37,42)(H,40,41)/t30-/m0/s1. The van der Waals surface area contributed by atoms with Gasteiger partial charge < -0.3 is 15.2 Å².